The molecule has 2 saturated heterocycles. The summed E-state index contributed by atoms with van der Waals surface area (Å²) >= 11 is 0. The van der Waals surface area contributed by atoms with Gasteiger partial charge in [0.2, 0.25) is 0 Å². The molecule has 3 fully saturated rings. The average molecular weight is 314 g/mol. The molecule has 0 aromatic carbocycles. The van der Waals surface area contributed by atoms with Crippen LogP contribution in [-0.4, -0.2) is 50.1 Å². The van der Waals surface area contributed by atoms with Crippen LogP contribution < -0.4 is 0 Å². The van der Waals surface area contributed by atoms with E-state index < -0.39 is 12.1 Å². The molecule has 6 heteroatoms. The molecule has 126 valence electrons. The van der Waals surface area contributed by atoms with Gasteiger partial charge in [0.25, 0.3) is 0 Å². The highest BCUT2D eigenvalue weighted by Crippen LogP contribution is 2.38. The van der Waals surface area contributed by atoms with Crippen molar-refractivity contribution in [2.75, 3.05) is 13.7 Å². The summed E-state index contributed by atoms with van der Waals surface area (Å²) in [6.07, 6.45) is 3.94. The second-order valence-electron chi connectivity index (χ2n) is 6.81. The van der Waals surface area contributed by atoms with Crippen LogP contribution in [0.15, 0.2) is 0 Å². The van der Waals surface area contributed by atoms with E-state index in [9.17, 15) is 4.79 Å². The summed E-state index contributed by atoms with van der Waals surface area (Å²) in [5.74, 6) is -0.741. The highest BCUT2D eigenvalue weighted by atomic mass is 16.8. The van der Waals surface area contributed by atoms with Crippen molar-refractivity contribution in [1.82, 2.24) is 0 Å². The van der Waals surface area contributed by atoms with Gasteiger partial charge in [0.15, 0.2) is 12.1 Å². The lowest BCUT2D eigenvalue weighted by Crippen LogP contribution is -2.39. The third kappa shape index (κ3) is 3.30. The first-order valence-electron chi connectivity index (χ1n) is 8.21. The van der Waals surface area contributed by atoms with Gasteiger partial charge in [0.1, 0.15) is 24.9 Å². The molecular formula is C16H26O6. The average Bonchev–Trinajstić information content (AvgIpc) is 2.96. The van der Waals surface area contributed by atoms with Gasteiger partial charge in [0.05, 0.1) is 5.92 Å². The molecule has 0 N–H and O–H groups in total. The van der Waals surface area contributed by atoms with Crippen LogP contribution in [0.5, 0.6) is 0 Å². The van der Waals surface area contributed by atoms with Crippen LogP contribution in [0.1, 0.15) is 46.0 Å². The Hall–Kier alpha value is -0.690. The first-order chi connectivity index (χ1) is 10.5. The summed E-state index contributed by atoms with van der Waals surface area (Å²) in [5.41, 5.74) is 0. The summed E-state index contributed by atoms with van der Waals surface area (Å²) in [4.78, 5) is 12.1. The van der Waals surface area contributed by atoms with Crippen molar-refractivity contribution in [3.8, 4) is 0 Å². The number of fused-ring (bicyclic) bond motifs is 1. The maximum Gasteiger partial charge on any atom is 0.309 e. The van der Waals surface area contributed by atoms with Crippen molar-refractivity contribution in [1.29, 1.82) is 0 Å². The van der Waals surface area contributed by atoms with Crippen LogP contribution in [0.3, 0.4) is 0 Å². The summed E-state index contributed by atoms with van der Waals surface area (Å²) in [6.45, 7) is 3.88. The minimum atomic E-state index is -0.671. The lowest BCUT2D eigenvalue weighted by Gasteiger charge is -2.25. The number of methoxy groups -OCH3 is 1. The molecule has 4 atom stereocenters. The van der Waals surface area contributed by atoms with Crippen LogP contribution in [-0.2, 0) is 28.5 Å². The Morgan fingerprint density at radius 3 is 2.59 bits per heavy atom. The first-order valence-corrected chi connectivity index (χ1v) is 8.21. The molecule has 2 aliphatic heterocycles. The fourth-order valence-electron chi connectivity index (χ4n) is 3.59. The Bertz CT molecular complexity index is 403. The van der Waals surface area contributed by atoms with E-state index in [4.69, 9.17) is 23.7 Å². The zero-order chi connectivity index (χ0) is 15.7. The summed E-state index contributed by atoms with van der Waals surface area (Å²) in [6, 6.07) is 0. The van der Waals surface area contributed by atoms with Gasteiger partial charge in [-0.2, -0.15) is 0 Å². The lowest BCUT2D eigenvalue weighted by molar-refractivity contribution is -0.222. The molecule has 1 aliphatic carbocycles. The Labute approximate surface area is 131 Å². The van der Waals surface area contributed by atoms with Gasteiger partial charge in [-0.05, 0) is 26.7 Å². The van der Waals surface area contributed by atoms with Gasteiger partial charge in [-0.3, -0.25) is 4.79 Å². The maximum absolute atomic E-state index is 12.1. The van der Waals surface area contributed by atoms with Crippen LogP contribution in [0, 0.1) is 5.92 Å². The molecule has 3 aliphatic rings. The molecule has 6 nitrogen and oxygen atoms in total. The van der Waals surface area contributed by atoms with E-state index in [0.717, 1.165) is 25.7 Å². The number of carbonyl (C=O) groups excluding carboxylic acids is 1. The zero-order valence-electron chi connectivity index (χ0n) is 13.6. The SMILES string of the molecule is CO[C@H]1[C@H]2OC(C)(C)O[C@H]2O[C@H]1COC(=O)C1CCCCC1. The summed E-state index contributed by atoms with van der Waals surface area (Å²) in [7, 11) is 1.61. The predicted molar refractivity (Wildman–Crippen MR) is 77.0 cm³/mol. The van der Waals surface area contributed by atoms with Crippen LogP contribution in [0.25, 0.3) is 0 Å². The van der Waals surface area contributed by atoms with E-state index in [1.165, 1.54) is 6.42 Å². The third-order valence-electron chi connectivity index (χ3n) is 4.69. The molecule has 0 amide bonds. The fraction of sp³-hybridized carbons (Fsp3) is 0.938. The van der Waals surface area contributed by atoms with Crippen LogP contribution in [0.2, 0.25) is 0 Å². The second kappa shape index (κ2) is 6.43. The van der Waals surface area contributed by atoms with Crippen molar-refractivity contribution >= 4 is 5.97 Å². The molecular weight excluding hydrogens is 288 g/mol. The molecule has 0 aromatic heterocycles. The predicted octanol–water partition coefficient (Wildman–Crippen LogP) is 2.00. The number of rotatable bonds is 4. The summed E-state index contributed by atoms with van der Waals surface area (Å²) in [5, 5.41) is 0. The molecule has 0 unspecified atom stereocenters. The Morgan fingerprint density at radius 1 is 1.18 bits per heavy atom. The summed E-state index contributed by atoms with van der Waals surface area (Å²) < 4.78 is 28.3. The standard InChI is InChI=1S/C16H26O6/c1-16(2)21-13-12(18-3)11(20-15(13)22-16)9-19-14(17)10-7-5-4-6-8-10/h10-13,15H,4-9H2,1-3H3/t11-,12+,13+,15+/m0/s1. The Balaban J connectivity index is 1.52. The highest BCUT2D eigenvalue weighted by molar-refractivity contribution is 5.72. The van der Waals surface area contributed by atoms with E-state index >= 15 is 0 Å². The van der Waals surface area contributed by atoms with Crippen molar-refractivity contribution < 1.29 is 28.5 Å². The minimum Gasteiger partial charge on any atom is -0.463 e. The Kier molecular flexibility index (Phi) is 4.73. The molecule has 1 saturated carbocycles. The zero-order valence-corrected chi connectivity index (χ0v) is 13.6. The number of hydrogen-bond donors (Lipinski definition) is 0. The molecule has 0 aromatic rings. The van der Waals surface area contributed by atoms with Crippen LogP contribution >= 0.6 is 0 Å². The van der Waals surface area contributed by atoms with E-state index in [2.05, 4.69) is 0 Å². The second-order valence-corrected chi connectivity index (χ2v) is 6.81. The van der Waals surface area contributed by atoms with Gasteiger partial charge in [-0.25, -0.2) is 0 Å². The Morgan fingerprint density at radius 2 is 1.91 bits per heavy atom. The van der Waals surface area contributed by atoms with Crippen molar-refractivity contribution in [2.24, 2.45) is 5.92 Å². The monoisotopic (exact) mass is 314 g/mol. The third-order valence-corrected chi connectivity index (χ3v) is 4.69. The molecule has 3 rings (SSSR count). The highest BCUT2D eigenvalue weighted by Gasteiger charge is 2.55. The van der Waals surface area contributed by atoms with Gasteiger partial charge in [-0.1, -0.05) is 19.3 Å². The first kappa shape index (κ1) is 16.2. The normalized spacial score (nSPS) is 38.0. The number of hydrogen-bond acceptors (Lipinski definition) is 6. The molecule has 2 heterocycles. The van der Waals surface area contributed by atoms with Gasteiger partial charge in [-0.15, -0.1) is 0 Å². The molecule has 0 radical (unpaired) electrons. The van der Waals surface area contributed by atoms with E-state index in [1.54, 1.807) is 7.11 Å². The minimum absolute atomic E-state index is 0.0436. The van der Waals surface area contributed by atoms with Crippen LogP contribution in [0.4, 0.5) is 0 Å². The molecule has 22 heavy (non-hydrogen) atoms. The smallest absolute Gasteiger partial charge is 0.309 e. The largest absolute Gasteiger partial charge is 0.463 e. The van der Waals surface area contributed by atoms with Gasteiger partial charge in [0, 0.05) is 7.11 Å². The lowest BCUT2D eigenvalue weighted by atomic mass is 9.89. The maximum atomic E-state index is 12.1. The van der Waals surface area contributed by atoms with Gasteiger partial charge >= 0.3 is 5.97 Å². The molecule has 0 bridgehead atoms. The topological polar surface area (TPSA) is 63.2 Å². The van der Waals surface area contributed by atoms with E-state index in [0.29, 0.717) is 0 Å². The van der Waals surface area contributed by atoms with E-state index in [-0.39, 0.29) is 36.8 Å². The number of carbonyl (C=O) groups is 1. The number of esters is 1. The molecule has 0 spiro atoms. The number of ether oxygens (including phenoxy) is 5. The van der Waals surface area contributed by atoms with Crippen molar-refractivity contribution in [3.63, 3.8) is 0 Å². The van der Waals surface area contributed by atoms with Gasteiger partial charge < -0.3 is 23.7 Å². The quantitative estimate of drug-likeness (QED) is 0.740. The fourth-order valence-corrected chi connectivity index (χ4v) is 3.59. The van der Waals surface area contributed by atoms with Crippen molar-refractivity contribution in [3.05, 3.63) is 0 Å². The van der Waals surface area contributed by atoms with E-state index in [1.807, 2.05) is 13.8 Å². The van der Waals surface area contributed by atoms with Crippen molar-refractivity contribution in [2.45, 2.75) is 76.3 Å².